The van der Waals surface area contributed by atoms with Crippen molar-refractivity contribution in [3.8, 4) is 0 Å². The Labute approximate surface area is 114 Å². The lowest BCUT2D eigenvalue weighted by Gasteiger charge is -2.21. The molecule has 2 nitrogen and oxygen atoms in total. The van der Waals surface area contributed by atoms with Crippen LogP contribution in [0, 0.1) is 13.8 Å². The molecule has 0 aliphatic carbocycles. The Kier molecular flexibility index (Phi) is 3.76. The van der Waals surface area contributed by atoms with Gasteiger partial charge in [-0.05, 0) is 51.5 Å². The van der Waals surface area contributed by atoms with Gasteiger partial charge in [0.25, 0.3) is 0 Å². The van der Waals surface area contributed by atoms with E-state index in [-0.39, 0.29) is 0 Å². The normalized spacial score (nSPS) is 10.9. The van der Waals surface area contributed by atoms with Crippen molar-refractivity contribution in [2.24, 2.45) is 0 Å². The molecule has 0 atom stereocenters. The molecule has 1 heterocycles. The summed E-state index contributed by atoms with van der Waals surface area (Å²) in [6, 6.07) is 6.32. The van der Waals surface area contributed by atoms with Crippen LogP contribution in [0.5, 0.6) is 0 Å². The maximum absolute atomic E-state index is 6.44. The number of fused-ring (bicyclic) bond motifs is 1. The quantitative estimate of drug-likeness (QED) is 0.817. The molecular formula is C15H19ClN2. The molecule has 0 fully saturated rings. The molecule has 0 saturated heterocycles. The standard InChI is InChI=1S/C15H19ClN2/c1-5-18(6-2)12-7-8-14-13(9-12)15(16)10(3)11(4)17-14/h7-9H,5-6H2,1-4H3. The van der Waals surface area contributed by atoms with Crippen LogP contribution in [0.2, 0.25) is 5.02 Å². The molecular weight excluding hydrogens is 244 g/mol. The predicted octanol–water partition coefficient (Wildman–Crippen LogP) is 4.35. The van der Waals surface area contributed by atoms with Crippen LogP contribution in [0.25, 0.3) is 10.9 Å². The molecule has 1 aromatic carbocycles. The molecule has 0 unspecified atom stereocenters. The number of benzene rings is 1. The van der Waals surface area contributed by atoms with Crippen molar-refractivity contribution in [2.45, 2.75) is 27.7 Å². The minimum absolute atomic E-state index is 0.825. The van der Waals surface area contributed by atoms with Gasteiger partial charge in [-0.3, -0.25) is 4.98 Å². The van der Waals surface area contributed by atoms with Crippen LogP contribution in [-0.4, -0.2) is 18.1 Å². The first kappa shape index (κ1) is 13.2. The van der Waals surface area contributed by atoms with Crippen LogP contribution in [0.1, 0.15) is 25.1 Å². The molecule has 2 rings (SSSR count). The maximum Gasteiger partial charge on any atom is 0.0721 e. The molecule has 0 radical (unpaired) electrons. The molecule has 0 aliphatic rings. The molecule has 0 aliphatic heterocycles. The van der Waals surface area contributed by atoms with Crippen molar-refractivity contribution in [3.63, 3.8) is 0 Å². The molecule has 0 amide bonds. The third-order valence-corrected chi connectivity index (χ3v) is 3.99. The summed E-state index contributed by atoms with van der Waals surface area (Å²) in [6.45, 7) is 10.3. The van der Waals surface area contributed by atoms with Gasteiger partial charge < -0.3 is 4.90 Å². The first-order chi connectivity index (χ1) is 8.58. The zero-order chi connectivity index (χ0) is 13.3. The van der Waals surface area contributed by atoms with Crippen molar-refractivity contribution in [1.29, 1.82) is 0 Å². The van der Waals surface area contributed by atoms with E-state index in [1.165, 1.54) is 5.69 Å². The highest BCUT2D eigenvalue weighted by Gasteiger charge is 2.09. The third-order valence-electron chi connectivity index (χ3n) is 3.51. The van der Waals surface area contributed by atoms with Gasteiger partial charge in [-0.1, -0.05) is 11.6 Å². The summed E-state index contributed by atoms with van der Waals surface area (Å²) in [6.07, 6.45) is 0. The number of anilines is 1. The Balaban J connectivity index is 2.64. The summed E-state index contributed by atoms with van der Waals surface area (Å²) in [5.41, 5.74) is 4.25. The second-order valence-corrected chi connectivity index (χ2v) is 4.89. The van der Waals surface area contributed by atoms with E-state index in [1.54, 1.807) is 0 Å². The van der Waals surface area contributed by atoms with Crippen molar-refractivity contribution in [2.75, 3.05) is 18.0 Å². The van der Waals surface area contributed by atoms with E-state index in [9.17, 15) is 0 Å². The number of halogens is 1. The number of nitrogens with zero attached hydrogens (tertiary/aromatic N) is 2. The number of hydrogen-bond acceptors (Lipinski definition) is 2. The zero-order valence-electron chi connectivity index (χ0n) is 11.4. The van der Waals surface area contributed by atoms with E-state index in [0.29, 0.717) is 0 Å². The second-order valence-electron chi connectivity index (χ2n) is 4.51. The summed E-state index contributed by atoms with van der Waals surface area (Å²) in [5.74, 6) is 0. The molecule has 3 heteroatoms. The van der Waals surface area contributed by atoms with Gasteiger partial charge in [0.15, 0.2) is 0 Å². The summed E-state index contributed by atoms with van der Waals surface area (Å²) in [5, 5.41) is 1.87. The Hall–Kier alpha value is -1.28. The molecule has 0 saturated carbocycles. The van der Waals surface area contributed by atoms with Crippen molar-refractivity contribution < 1.29 is 0 Å². The smallest absolute Gasteiger partial charge is 0.0721 e. The summed E-state index contributed by atoms with van der Waals surface area (Å²) in [7, 11) is 0. The molecule has 1 aromatic heterocycles. The van der Waals surface area contributed by atoms with E-state index in [4.69, 9.17) is 11.6 Å². The fourth-order valence-corrected chi connectivity index (χ4v) is 2.50. The van der Waals surface area contributed by atoms with Crippen LogP contribution in [0.15, 0.2) is 18.2 Å². The second kappa shape index (κ2) is 5.15. The lowest BCUT2D eigenvalue weighted by Crippen LogP contribution is -2.21. The van der Waals surface area contributed by atoms with Crippen molar-refractivity contribution in [1.82, 2.24) is 4.98 Å². The summed E-state index contributed by atoms with van der Waals surface area (Å²) < 4.78 is 0. The van der Waals surface area contributed by atoms with Gasteiger partial charge in [0, 0.05) is 29.9 Å². The van der Waals surface area contributed by atoms with Gasteiger partial charge in [0.2, 0.25) is 0 Å². The topological polar surface area (TPSA) is 16.1 Å². The number of hydrogen-bond donors (Lipinski definition) is 0. The van der Waals surface area contributed by atoms with E-state index in [0.717, 1.165) is 40.3 Å². The Bertz CT molecular complexity index is 574. The zero-order valence-corrected chi connectivity index (χ0v) is 12.2. The fourth-order valence-electron chi connectivity index (χ4n) is 2.21. The minimum Gasteiger partial charge on any atom is -0.372 e. The molecule has 18 heavy (non-hydrogen) atoms. The number of pyridine rings is 1. The SMILES string of the molecule is CCN(CC)c1ccc2nc(C)c(C)c(Cl)c2c1. The highest BCUT2D eigenvalue weighted by molar-refractivity contribution is 6.36. The first-order valence-electron chi connectivity index (χ1n) is 6.39. The van der Waals surface area contributed by atoms with E-state index < -0.39 is 0 Å². The van der Waals surface area contributed by atoms with Gasteiger partial charge in [0.1, 0.15) is 0 Å². The fraction of sp³-hybridized carbons (Fsp3) is 0.400. The lowest BCUT2D eigenvalue weighted by atomic mass is 10.1. The van der Waals surface area contributed by atoms with Crippen LogP contribution < -0.4 is 4.90 Å². The summed E-state index contributed by atoms with van der Waals surface area (Å²) >= 11 is 6.44. The van der Waals surface area contributed by atoms with Crippen LogP contribution in [0.4, 0.5) is 5.69 Å². The Morgan fingerprint density at radius 1 is 1.17 bits per heavy atom. The summed E-state index contributed by atoms with van der Waals surface area (Å²) in [4.78, 5) is 6.90. The van der Waals surface area contributed by atoms with Gasteiger partial charge in [-0.25, -0.2) is 0 Å². The van der Waals surface area contributed by atoms with Crippen LogP contribution in [-0.2, 0) is 0 Å². The van der Waals surface area contributed by atoms with E-state index in [1.807, 2.05) is 13.8 Å². The molecule has 2 aromatic rings. The Morgan fingerprint density at radius 3 is 2.44 bits per heavy atom. The average molecular weight is 263 g/mol. The van der Waals surface area contributed by atoms with Gasteiger partial charge in [-0.2, -0.15) is 0 Å². The van der Waals surface area contributed by atoms with Gasteiger partial charge in [-0.15, -0.1) is 0 Å². The van der Waals surface area contributed by atoms with E-state index in [2.05, 4.69) is 41.9 Å². The number of rotatable bonds is 3. The van der Waals surface area contributed by atoms with E-state index >= 15 is 0 Å². The number of aryl methyl sites for hydroxylation is 1. The molecule has 0 spiro atoms. The largest absolute Gasteiger partial charge is 0.372 e. The van der Waals surface area contributed by atoms with Crippen LogP contribution >= 0.6 is 11.6 Å². The maximum atomic E-state index is 6.44. The Morgan fingerprint density at radius 2 is 1.83 bits per heavy atom. The monoisotopic (exact) mass is 262 g/mol. The predicted molar refractivity (Wildman–Crippen MR) is 79.8 cm³/mol. The molecule has 96 valence electrons. The number of aromatic nitrogens is 1. The molecule has 0 bridgehead atoms. The van der Waals surface area contributed by atoms with Crippen molar-refractivity contribution in [3.05, 3.63) is 34.5 Å². The lowest BCUT2D eigenvalue weighted by molar-refractivity contribution is 0.867. The third kappa shape index (κ3) is 2.17. The van der Waals surface area contributed by atoms with Crippen molar-refractivity contribution >= 4 is 28.2 Å². The average Bonchev–Trinajstić information content (AvgIpc) is 2.38. The van der Waals surface area contributed by atoms with Gasteiger partial charge >= 0.3 is 0 Å². The highest BCUT2D eigenvalue weighted by atomic mass is 35.5. The van der Waals surface area contributed by atoms with Gasteiger partial charge in [0.05, 0.1) is 10.5 Å². The molecule has 0 N–H and O–H groups in total. The minimum atomic E-state index is 0.825. The highest BCUT2D eigenvalue weighted by Crippen LogP contribution is 2.30. The van der Waals surface area contributed by atoms with Crippen LogP contribution in [0.3, 0.4) is 0 Å². The first-order valence-corrected chi connectivity index (χ1v) is 6.77.